The Morgan fingerprint density at radius 1 is 1.20 bits per heavy atom. The topological polar surface area (TPSA) is 54.3 Å². The van der Waals surface area contributed by atoms with Crippen LogP contribution in [0.4, 0.5) is 5.82 Å². The first-order chi connectivity index (χ1) is 12.1. The zero-order valence-corrected chi connectivity index (χ0v) is 15.0. The van der Waals surface area contributed by atoms with Crippen LogP contribution in [0.15, 0.2) is 29.2 Å². The van der Waals surface area contributed by atoms with E-state index < -0.39 is 0 Å². The molecule has 2 aromatic rings. The fourth-order valence-corrected chi connectivity index (χ4v) is 3.72. The Kier molecular flexibility index (Phi) is 4.29. The van der Waals surface area contributed by atoms with Crippen molar-refractivity contribution in [3.05, 3.63) is 51.6 Å². The molecule has 0 N–H and O–H groups in total. The Labute approximate surface area is 148 Å². The van der Waals surface area contributed by atoms with Gasteiger partial charge in [0.05, 0.1) is 5.69 Å². The lowest BCUT2D eigenvalue weighted by Crippen LogP contribution is -2.58. The summed E-state index contributed by atoms with van der Waals surface area (Å²) in [5.74, 6) is 1.02. The monoisotopic (exact) mass is 339 g/mol. The molecule has 1 aliphatic heterocycles. The quantitative estimate of drug-likeness (QED) is 0.842. The van der Waals surface area contributed by atoms with Gasteiger partial charge in [-0.3, -0.25) is 9.69 Å². The van der Waals surface area contributed by atoms with Crippen LogP contribution in [0.3, 0.4) is 0 Å². The molecule has 0 aromatic carbocycles. The largest absolute Gasteiger partial charge is 0.352 e. The predicted octanol–water partition coefficient (Wildman–Crippen LogP) is 1.37. The summed E-state index contributed by atoms with van der Waals surface area (Å²) in [4.78, 5) is 16.1. The molecule has 6 nitrogen and oxygen atoms in total. The molecule has 2 aromatic heterocycles. The van der Waals surface area contributed by atoms with Crippen molar-refractivity contribution >= 4 is 5.82 Å². The zero-order chi connectivity index (χ0) is 17.4. The molecule has 0 bridgehead atoms. The number of hydrogen-bond acceptors (Lipinski definition) is 5. The molecule has 2 aliphatic rings. The fourth-order valence-electron chi connectivity index (χ4n) is 3.72. The van der Waals surface area contributed by atoms with E-state index in [1.807, 2.05) is 12.3 Å². The molecule has 25 heavy (non-hydrogen) atoms. The number of fused-ring (bicyclic) bond motifs is 1. The number of hydrogen-bond donors (Lipinski definition) is 0. The number of aromatic nitrogens is 3. The van der Waals surface area contributed by atoms with Gasteiger partial charge in [-0.1, -0.05) is 6.07 Å². The fraction of sp³-hybridized carbons (Fsp3) is 0.526. The van der Waals surface area contributed by atoms with Crippen LogP contribution in [0.5, 0.6) is 0 Å². The lowest BCUT2D eigenvalue weighted by Gasteiger charge is -2.44. The van der Waals surface area contributed by atoms with Gasteiger partial charge in [0.15, 0.2) is 5.82 Å². The predicted molar refractivity (Wildman–Crippen MR) is 97.8 cm³/mol. The minimum absolute atomic E-state index is 0.0345. The molecule has 0 radical (unpaired) electrons. The van der Waals surface area contributed by atoms with Gasteiger partial charge in [0.25, 0.3) is 0 Å². The number of rotatable bonds is 4. The van der Waals surface area contributed by atoms with Gasteiger partial charge in [0.1, 0.15) is 0 Å². The van der Waals surface area contributed by atoms with E-state index >= 15 is 0 Å². The molecule has 3 heterocycles. The van der Waals surface area contributed by atoms with Crippen molar-refractivity contribution in [2.24, 2.45) is 7.05 Å². The summed E-state index contributed by atoms with van der Waals surface area (Å²) in [6.07, 6.45) is 6.64. The number of likely N-dealkylation sites (N-methyl/N-ethyl adjacent to an activating group) is 1. The van der Waals surface area contributed by atoms with Crippen molar-refractivity contribution in [2.45, 2.75) is 38.3 Å². The number of anilines is 1. The van der Waals surface area contributed by atoms with Gasteiger partial charge >= 0.3 is 0 Å². The summed E-state index contributed by atoms with van der Waals surface area (Å²) in [7, 11) is 3.94. The number of pyridine rings is 1. The van der Waals surface area contributed by atoms with Crippen LogP contribution in [0.2, 0.25) is 0 Å². The minimum Gasteiger partial charge on any atom is -0.352 e. The van der Waals surface area contributed by atoms with Crippen molar-refractivity contribution in [1.82, 2.24) is 19.7 Å². The molecule has 0 saturated carbocycles. The highest BCUT2D eigenvalue weighted by Gasteiger charge is 2.31. The SMILES string of the molecule is CN(Cc1ccc(=O)n(C)c1)C1CN(c2cc3c(nn2)CCCC3)C1. The summed E-state index contributed by atoms with van der Waals surface area (Å²) >= 11 is 0. The van der Waals surface area contributed by atoms with Crippen LogP contribution >= 0.6 is 0 Å². The molecule has 0 atom stereocenters. The van der Waals surface area contributed by atoms with Crippen LogP contribution in [0, 0.1) is 0 Å². The van der Waals surface area contributed by atoms with Gasteiger partial charge in [-0.15, -0.1) is 5.10 Å². The lowest BCUT2D eigenvalue weighted by molar-refractivity contribution is 0.196. The minimum atomic E-state index is 0.0345. The summed E-state index contributed by atoms with van der Waals surface area (Å²) in [6, 6.07) is 6.31. The van der Waals surface area contributed by atoms with Crippen molar-refractivity contribution < 1.29 is 0 Å². The Balaban J connectivity index is 1.36. The van der Waals surface area contributed by atoms with Crippen molar-refractivity contribution in [1.29, 1.82) is 0 Å². The van der Waals surface area contributed by atoms with Crippen LogP contribution in [-0.4, -0.2) is 45.8 Å². The van der Waals surface area contributed by atoms with Crippen molar-refractivity contribution in [2.75, 3.05) is 25.0 Å². The summed E-state index contributed by atoms with van der Waals surface area (Å²) in [6.45, 7) is 2.81. The molecule has 0 amide bonds. The van der Waals surface area contributed by atoms with E-state index in [0.717, 1.165) is 43.9 Å². The van der Waals surface area contributed by atoms with E-state index in [4.69, 9.17) is 0 Å². The van der Waals surface area contributed by atoms with Gasteiger partial charge in [-0.25, -0.2) is 0 Å². The van der Waals surface area contributed by atoms with Gasteiger partial charge in [0, 0.05) is 45.0 Å². The van der Waals surface area contributed by atoms with E-state index in [0.29, 0.717) is 6.04 Å². The standard InChI is InChI=1S/C19H25N5O/c1-22(10-14-7-8-19(25)23(2)11-14)16-12-24(13-16)18-9-15-5-3-4-6-17(15)20-21-18/h7-9,11,16H,3-6,10,12-13H2,1-2H3. The van der Waals surface area contributed by atoms with Crippen LogP contribution in [-0.2, 0) is 26.4 Å². The third-order valence-electron chi connectivity index (χ3n) is 5.45. The first-order valence-electron chi connectivity index (χ1n) is 9.06. The van der Waals surface area contributed by atoms with E-state index in [2.05, 4.69) is 33.1 Å². The molecule has 1 fully saturated rings. The highest BCUT2D eigenvalue weighted by Crippen LogP contribution is 2.26. The van der Waals surface area contributed by atoms with Gasteiger partial charge in [-0.2, -0.15) is 5.10 Å². The summed E-state index contributed by atoms with van der Waals surface area (Å²) in [5, 5.41) is 8.87. The van der Waals surface area contributed by atoms with Crippen LogP contribution < -0.4 is 10.5 Å². The van der Waals surface area contributed by atoms with Crippen LogP contribution in [0.1, 0.15) is 29.7 Å². The van der Waals surface area contributed by atoms with Crippen molar-refractivity contribution in [3.63, 3.8) is 0 Å². The smallest absolute Gasteiger partial charge is 0.250 e. The van der Waals surface area contributed by atoms with E-state index in [9.17, 15) is 4.79 Å². The van der Waals surface area contributed by atoms with Gasteiger partial charge in [0.2, 0.25) is 5.56 Å². The Morgan fingerprint density at radius 2 is 2.00 bits per heavy atom. The third-order valence-corrected chi connectivity index (χ3v) is 5.45. The first kappa shape index (κ1) is 16.3. The summed E-state index contributed by atoms with van der Waals surface area (Å²) in [5.41, 5.74) is 3.78. The third kappa shape index (κ3) is 3.31. The van der Waals surface area contributed by atoms with Crippen molar-refractivity contribution in [3.8, 4) is 0 Å². The lowest BCUT2D eigenvalue weighted by atomic mass is 9.96. The first-order valence-corrected chi connectivity index (χ1v) is 9.06. The molecule has 0 spiro atoms. The number of nitrogens with zero attached hydrogens (tertiary/aromatic N) is 5. The molecule has 132 valence electrons. The highest BCUT2D eigenvalue weighted by atomic mass is 16.1. The second-order valence-corrected chi connectivity index (χ2v) is 7.34. The average Bonchev–Trinajstić information content (AvgIpc) is 2.57. The second-order valence-electron chi connectivity index (χ2n) is 7.34. The average molecular weight is 339 g/mol. The molecule has 4 rings (SSSR count). The Bertz CT molecular complexity index is 825. The Morgan fingerprint density at radius 3 is 2.80 bits per heavy atom. The molecular formula is C19H25N5O. The molecule has 1 aliphatic carbocycles. The molecule has 1 saturated heterocycles. The Hall–Kier alpha value is -2.21. The summed E-state index contributed by atoms with van der Waals surface area (Å²) < 4.78 is 1.64. The second kappa shape index (κ2) is 6.59. The van der Waals surface area contributed by atoms with Gasteiger partial charge < -0.3 is 9.47 Å². The van der Waals surface area contributed by atoms with Gasteiger partial charge in [-0.05, 0) is 49.9 Å². The molecule has 6 heteroatoms. The van der Waals surface area contributed by atoms with E-state index in [1.165, 1.54) is 24.1 Å². The maximum Gasteiger partial charge on any atom is 0.250 e. The molecule has 0 unspecified atom stereocenters. The van der Waals surface area contributed by atoms with E-state index in [1.54, 1.807) is 17.7 Å². The van der Waals surface area contributed by atoms with E-state index in [-0.39, 0.29) is 5.56 Å². The van der Waals surface area contributed by atoms with Crippen LogP contribution in [0.25, 0.3) is 0 Å². The maximum atomic E-state index is 11.5. The number of aryl methyl sites for hydroxylation is 3. The zero-order valence-electron chi connectivity index (χ0n) is 15.0. The normalized spacial score (nSPS) is 17.5. The molecular weight excluding hydrogens is 314 g/mol. The highest BCUT2D eigenvalue weighted by molar-refractivity contribution is 5.45. The maximum absolute atomic E-state index is 11.5.